The summed E-state index contributed by atoms with van der Waals surface area (Å²) in [6.07, 6.45) is -7.84. The van der Waals surface area contributed by atoms with Crippen molar-refractivity contribution in [2.24, 2.45) is 0 Å². The second-order valence-corrected chi connectivity index (χ2v) is 2.51. The van der Waals surface area contributed by atoms with Crippen LogP contribution in [0.1, 0.15) is 0 Å². The highest BCUT2D eigenvalue weighted by molar-refractivity contribution is 5.72. The van der Waals surface area contributed by atoms with Crippen LogP contribution >= 0.6 is 0 Å². The lowest BCUT2D eigenvalue weighted by atomic mass is 10.0. The summed E-state index contributed by atoms with van der Waals surface area (Å²) in [5.74, 6) is -1.73. The number of aliphatic hydroxyl groups excluding tert-OH is 5. The van der Waals surface area contributed by atoms with Crippen molar-refractivity contribution < 1.29 is 35.4 Å². The van der Waals surface area contributed by atoms with Crippen LogP contribution in [0.25, 0.3) is 0 Å². The Morgan fingerprint density at radius 3 is 1.85 bits per heavy atom. The molecule has 0 aliphatic heterocycles. The third-order valence-electron chi connectivity index (χ3n) is 1.51. The number of aliphatic carboxylic acids is 1. The third-order valence-corrected chi connectivity index (χ3v) is 1.51. The Morgan fingerprint density at radius 2 is 1.54 bits per heavy atom. The number of aliphatic hydroxyl groups is 5. The number of carboxylic acid groups (broad SMARTS) is 1. The van der Waals surface area contributed by atoms with E-state index in [1.165, 1.54) is 0 Å². The van der Waals surface area contributed by atoms with Gasteiger partial charge in [0.2, 0.25) is 0 Å². The molecular formula is C6H12O7. The second-order valence-electron chi connectivity index (χ2n) is 2.51. The zero-order valence-electron chi connectivity index (χ0n) is 6.61. The van der Waals surface area contributed by atoms with Crippen LogP contribution < -0.4 is 0 Å². The summed E-state index contributed by atoms with van der Waals surface area (Å²) in [5, 5.41) is 51.8. The van der Waals surface area contributed by atoms with Gasteiger partial charge in [-0.25, -0.2) is 4.79 Å². The molecule has 0 aliphatic rings. The topological polar surface area (TPSA) is 138 Å². The number of hydrogen-bond acceptors (Lipinski definition) is 6. The first-order valence-electron chi connectivity index (χ1n) is 3.47. The predicted octanol–water partition coefficient (Wildman–Crippen LogP) is -3.49. The van der Waals surface area contributed by atoms with Crippen LogP contribution in [0.4, 0.5) is 0 Å². The molecule has 6 N–H and O–H groups in total. The van der Waals surface area contributed by atoms with Crippen molar-refractivity contribution in [1.29, 1.82) is 0 Å². The second kappa shape index (κ2) is 5.10. The van der Waals surface area contributed by atoms with E-state index >= 15 is 0 Å². The minimum Gasteiger partial charge on any atom is -0.479 e. The molecule has 78 valence electrons. The van der Waals surface area contributed by atoms with Gasteiger partial charge in [-0.15, -0.1) is 0 Å². The van der Waals surface area contributed by atoms with E-state index in [1.807, 2.05) is 0 Å². The van der Waals surface area contributed by atoms with E-state index in [9.17, 15) is 4.79 Å². The third kappa shape index (κ3) is 3.25. The maximum atomic E-state index is 10.1. The zero-order valence-corrected chi connectivity index (χ0v) is 6.61. The summed E-state index contributed by atoms with van der Waals surface area (Å²) in [7, 11) is 0. The highest BCUT2D eigenvalue weighted by Gasteiger charge is 2.33. The average Bonchev–Trinajstić information content (AvgIpc) is 2.12. The lowest BCUT2D eigenvalue weighted by Crippen LogP contribution is -2.48. The molecule has 0 spiro atoms. The Balaban J connectivity index is 4.24. The fourth-order valence-electron chi connectivity index (χ4n) is 0.668. The molecular weight excluding hydrogens is 184 g/mol. The van der Waals surface area contributed by atoms with Crippen LogP contribution in [-0.2, 0) is 4.79 Å². The van der Waals surface area contributed by atoms with Crippen molar-refractivity contribution in [2.75, 3.05) is 6.61 Å². The molecule has 0 bridgehead atoms. The monoisotopic (exact) mass is 196 g/mol. The summed E-state index contributed by atoms with van der Waals surface area (Å²) in [4.78, 5) is 10.1. The molecule has 0 unspecified atom stereocenters. The van der Waals surface area contributed by atoms with Crippen molar-refractivity contribution in [3.8, 4) is 0 Å². The van der Waals surface area contributed by atoms with Crippen molar-refractivity contribution in [3.05, 3.63) is 0 Å². The summed E-state index contributed by atoms with van der Waals surface area (Å²) in [6, 6.07) is 0. The van der Waals surface area contributed by atoms with Gasteiger partial charge in [0.1, 0.15) is 18.3 Å². The van der Waals surface area contributed by atoms with Gasteiger partial charge in [-0.1, -0.05) is 0 Å². The Hall–Kier alpha value is -0.730. The van der Waals surface area contributed by atoms with E-state index < -0.39 is 37.0 Å². The molecule has 13 heavy (non-hydrogen) atoms. The minimum absolute atomic E-state index is 0.843. The number of hydrogen-bond donors (Lipinski definition) is 6. The Bertz CT molecular complexity index is 170. The number of carboxylic acids is 1. The molecule has 0 saturated carbocycles. The minimum atomic E-state index is -2.20. The molecule has 4 atom stereocenters. The lowest BCUT2D eigenvalue weighted by Gasteiger charge is -2.23. The number of rotatable bonds is 5. The van der Waals surface area contributed by atoms with Crippen molar-refractivity contribution in [3.63, 3.8) is 0 Å². The van der Waals surface area contributed by atoms with Crippen LogP contribution in [-0.4, -0.2) is 67.6 Å². The van der Waals surface area contributed by atoms with Gasteiger partial charge in [-0.2, -0.15) is 0 Å². The predicted molar refractivity (Wildman–Crippen MR) is 38.7 cm³/mol. The SMILES string of the molecule is O=C(O)[C@@H](O)[C@@H](O)[C@H](O)[C@@H](O)CO. The highest BCUT2D eigenvalue weighted by Crippen LogP contribution is 2.04. The molecule has 0 aromatic carbocycles. The van der Waals surface area contributed by atoms with Crippen LogP contribution in [0.15, 0.2) is 0 Å². The molecule has 0 fully saturated rings. The summed E-state index contributed by atoms with van der Waals surface area (Å²) >= 11 is 0. The Labute approximate surface area is 73.5 Å². The zero-order chi connectivity index (χ0) is 10.6. The van der Waals surface area contributed by atoms with Crippen LogP contribution in [0.3, 0.4) is 0 Å². The fraction of sp³-hybridized carbons (Fsp3) is 0.833. The van der Waals surface area contributed by atoms with Gasteiger partial charge in [0, 0.05) is 0 Å². The van der Waals surface area contributed by atoms with E-state index in [0.29, 0.717) is 0 Å². The molecule has 7 heteroatoms. The van der Waals surface area contributed by atoms with Crippen LogP contribution in [0.5, 0.6) is 0 Å². The molecule has 0 aliphatic carbocycles. The van der Waals surface area contributed by atoms with Crippen molar-refractivity contribution >= 4 is 5.97 Å². The maximum absolute atomic E-state index is 10.1. The molecule has 0 aromatic rings. The van der Waals surface area contributed by atoms with Gasteiger partial charge in [0.15, 0.2) is 6.10 Å². The van der Waals surface area contributed by atoms with Crippen molar-refractivity contribution in [1.82, 2.24) is 0 Å². The maximum Gasteiger partial charge on any atom is 0.335 e. The first kappa shape index (κ1) is 12.3. The molecule has 0 amide bonds. The summed E-state index contributed by atoms with van der Waals surface area (Å²) < 4.78 is 0. The molecule has 0 radical (unpaired) electrons. The van der Waals surface area contributed by atoms with Crippen LogP contribution in [0.2, 0.25) is 0 Å². The van der Waals surface area contributed by atoms with Gasteiger partial charge >= 0.3 is 5.97 Å². The summed E-state index contributed by atoms with van der Waals surface area (Å²) in [6.45, 7) is -0.843. The normalized spacial score (nSPS) is 20.4. The summed E-state index contributed by atoms with van der Waals surface area (Å²) in [5.41, 5.74) is 0. The fourth-order valence-corrected chi connectivity index (χ4v) is 0.668. The van der Waals surface area contributed by atoms with Gasteiger partial charge in [0.25, 0.3) is 0 Å². The van der Waals surface area contributed by atoms with E-state index in [-0.39, 0.29) is 0 Å². The van der Waals surface area contributed by atoms with E-state index in [0.717, 1.165) is 0 Å². The first-order chi connectivity index (χ1) is 5.91. The quantitative estimate of drug-likeness (QED) is 0.268. The standard InChI is InChI=1S/C6H12O7/c7-1-2(8)3(9)4(10)5(11)6(12)13/h2-5,7-11H,1H2,(H,12,13)/t2-,3+,4-,5-/m0/s1. The van der Waals surface area contributed by atoms with Gasteiger partial charge in [-0.05, 0) is 0 Å². The first-order valence-corrected chi connectivity index (χ1v) is 3.47. The highest BCUT2D eigenvalue weighted by atomic mass is 16.4. The molecule has 0 saturated heterocycles. The number of carbonyl (C=O) groups is 1. The Morgan fingerprint density at radius 1 is 1.08 bits per heavy atom. The molecule has 0 aromatic heterocycles. The van der Waals surface area contributed by atoms with Gasteiger partial charge < -0.3 is 30.6 Å². The molecule has 0 heterocycles. The van der Waals surface area contributed by atoms with Gasteiger partial charge in [0.05, 0.1) is 6.61 Å². The van der Waals surface area contributed by atoms with Crippen LogP contribution in [0, 0.1) is 0 Å². The van der Waals surface area contributed by atoms with Crippen molar-refractivity contribution in [2.45, 2.75) is 24.4 Å². The molecule has 0 rings (SSSR count). The van der Waals surface area contributed by atoms with E-state index in [4.69, 9.17) is 30.6 Å². The largest absolute Gasteiger partial charge is 0.479 e. The molecule has 7 nitrogen and oxygen atoms in total. The van der Waals surface area contributed by atoms with E-state index in [1.54, 1.807) is 0 Å². The Kier molecular flexibility index (Phi) is 4.81. The van der Waals surface area contributed by atoms with E-state index in [2.05, 4.69) is 0 Å². The van der Waals surface area contributed by atoms with Gasteiger partial charge in [-0.3, -0.25) is 0 Å². The lowest BCUT2D eigenvalue weighted by molar-refractivity contribution is -0.164. The smallest absolute Gasteiger partial charge is 0.335 e. The average molecular weight is 196 g/mol.